The molecule has 0 aromatic heterocycles. The fraction of sp³-hybridized carbons (Fsp3) is 0.625. The molecule has 1 saturated carbocycles. The highest BCUT2D eigenvalue weighted by Crippen LogP contribution is 2.74. The van der Waals surface area contributed by atoms with Crippen molar-refractivity contribution < 1.29 is 14.3 Å². The van der Waals surface area contributed by atoms with Gasteiger partial charge in [-0.25, -0.2) is 4.79 Å². The second kappa shape index (κ2) is 3.25. The molecule has 0 aromatic rings. The molecule has 1 saturated heterocycles. The first kappa shape index (κ1) is 12.8. The van der Waals surface area contributed by atoms with Crippen molar-refractivity contribution in [3.05, 3.63) is 10.1 Å². The standard InChI is InChI=1S/C8H2Cl6O3/c9-1-2(10)7(12)4-3(16-5(15)17-4)6(1,11)8(7,13)14/h3-4H/t3-,4-,6-,7-/m1/s1. The Hall–Kier alpha value is 0.750. The second-order valence-corrected chi connectivity index (χ2v) is 7.23. The fourth-order valence-electron chi connectivity index (χ4n) is 2.41. The molecule has 2 aliphatic carbocycles. The molecule has 0 unspecified atom stereocenters. The van der Waals surface area contributed by atoms with Crippen molar-refractivity contribution in [1.29, 1.82) is 0 Å². The molecule has 1 heterocycles. The van der Waals surface area contributed by atoms with Crippen LogP contribution in [0.2, 0.25) is 0 Å². The Bertz CT molecular complexity index is 438. The van der Waals surface area contributed by atoms with Gasteiger partial charge in [-0.3, -0.25) is 0 Å². The molecule has 3 aliphatic rings. The summed E-state index contributed by atoms with van der Waals surface area (Å²) in [5.41, 5.74) is 0. The van der Waals surface area contributed by atoms with Crippen LogP contribution in [0.4, 0.5) is 4.79 Å². The summed E-state index contributed by atoms with van der Waals surface area (Å²) in [6, 6.07) is 0. The lowest BCUT2D eigenvalue weighted by molar-refractivity contribution is 0.104. The maximum absolute atomic E-state index is 11.1. The molecule has 0 N–H and O–H groups in total. The highest BCUT2D eigenvalue weighted by Gasteiger charge is 2.87. The third-order valence-electron chi connectivity index (χ3n) is 3.25. The van der Waals surface area contributed by atoms with E-state index >= 15 is 0 Å². The van der Waals surface area contributed by atoms with E-state index in [1.54, 1.807) is 0 Å². The molecule has 0 spiro atoms. The zero-order valence-electron chi connectivity index (χ0n) is 7.65. The Morgan fingerprint density at radius 1 is 0.882 bits per heavy atom. The van der Waals surface area contributed by atoms with Crippen LogP contribution in [0, 0.1) is 0 Å². The fourth-order valence-corrected chi connectivity index (χ4v) is 5.15. The predicted molar refractivity (Wildman–Crippen MR) is 65.5 cm³/mol. The molecule has 17 heavy (non-hydrogen) atoms. The van der Waals surface area contributed by atoms with Gasteiger partial charge in [0.1, 0.15) is 0 Å². The van der Waals surface area contributed by atoms with Crippen molar-refractivity contribution in [2.45, 2.75) is 26.3 Å². The Balaban J connectivity index is 2.28. The van der Waals surface area contributed by atoms with Gasteiger partial charge in [-0.15, -0.1) is 23.2 Å². The summed E-state index contributed by atoms with van der Waals surface area (Å²) in [7, 11) is 0. The Morgan fingerprint density at radius 3 is 1.59 bits per heavy atom. The molecule has 3 nitrogen and oxygen atoms in total. The summed E-state index contributed by atoms with van der Waals surface area (Å²) < 4.78 is 8.09. The molecule has 1 aliphatic heterocycles. The van der Waals surface area contributed by atoms with Gasteiger partial charge in [0.25, 0.3) is 0 Å². The van der Waals surface area contributed by atoms with Crippen LogP contribution in [-0.4, -0.2) is 32.4 Å². The first-order valence-corrected chi connectivity index (χ1v) is 6.65. The third-order valence-corrected chi connectivity index (χ3v) is 7.47. The minimum absolute atomic E-state index is 0.0274. The zero-order chi connectivity index (χ0) is 12.8. The lowest BCUT2D eigenvalue weighted by Gasteiger charge is -2.32. The van der Waals surface area contributed by atoms with Crippen molar-refractivity contribution in [3.63, 3.8) is 0 Å². The first-order valence-electron chi connectivity index (χ1n) is 4.38. The smallest absolute Gasteiger partial charge is 0.424 e. The second-order valence-electron chi connectivity index (χ2n) is 3.95. The Morgan fingerprint density at radius 2 is 1.24 bits per heavy atom. The van der Waals surface area contributed by atoms with E-state index in [1.165, 1.54) is 0 Å². The summed E-state index contributed by atoms with van der Waals surface area (Å²) in [5.74, 6) is 0. The highest BCUT2D eigenvalue weighted by molar-refractivity contribution is 6.66. The molecule has 0 aromatic carbocycles. The number of ether oxygens (including phenoxy) is 2. The molecule has 3 rings (SSSR count). The quantitative estimate of drug-likeness (QED) is 0.489. The van der Waals surface area contributed by atoms with E-state index in [4.69, 9.17) is 79.1 Å². The van der Waals surface area contributed by atoms with Crippen LogP contribution in [0.3, 0.4) is 0 Å². The number of rotatable bonds is 0. The van der Waals surface area contributed by atoms with Crippen molar-refractivity contribution >= 4 is 75.8 Å². The van der Waals surface area contributed by atoms with E-state index in [0.717, 1.165) is 0 Å². The van der Waals surface area contributed by atoms with Crippen LogP contribution in [0.1, 0.15) is 0 Å². The van der Waals surface area contributed by atoms with E-state index in [9.17, 15) is 4.79 Å². The monoisotopic (exact) mass is 356 g/mol. The van der Waals surface area contributed by atoms with Gasteiger partial charge in [0.05, 0.1) is 10.1 Å². The number of halogens is 6. The minimum Gasteiger partial charge on any atom is -0.424 e. The maximum atomic E-state index is 11.1. The Kier molecular flexibility index (Phi) is 2.44. The van der Waals surface area contributed by atoms with E-state index in [0.29, 0.717) is 0 Å². The predicted octanol–water partition coefficient (Wildman–Crippen LogP) is 3.74. The maximum Gasteiger partial charge on any atom is 0.509 e. The van der Waals surface area contributed by atoms with Crippen LogP contribution in [0.25, 0.3) is 0 Å². The van der Waals surface area contributed by atoms with Gasteiger partial charge < -0.3 is 9.47 Å². The van der Waals surface area contributed by atoms with Gasteiger partial charge in [-0.05, 0) is 0 Å². The van der Waals surface area contributed by atoms with Crippen molar-refractivity contribution in [2.75, 3.05) is 0 Å². The van der Waals surface area contributed by atoms with Gasteiger partial charge >= 0.3 is 6.16 Å². The van der Waals surface area contributed by atoms with Crippen LogP contribution >= 0.6 is 69.6 Å². The lowest BCUT2D eigenvalue weighted by Crippen LogP contribution is -2.47. The zero-order valence-corrected chi connectivity index (χ0v) is 12.2. The number of hydrogen-bond donors (Lipinski definition) is 0. The lowest BCUT2D eigenvalue weighted by atomic mass is 10.0. The summed E-state index contributed by atoms with van der Waals surface area (Å²) in [5, 5.41) is -0.0548. The topological polar surface area (TPSA) is 35.5 Å². The van der Waals surface area contributed by atoms with Crippen LogP contribution in [-0.2, 0) is 9.47 Å². The minimum atomic E-state index is -1.74. The van der Waals surface area contributed by atoms with E-state index in [1.807, 2.05) is 0 Å². The molecule has 9 heteroatoms. The van der Waals surface area contributed by atoms with Crippen molar-refractivity contribution in [3.8, 4) is 0 Å². The molecule has 2 bridgehead atoms. The molecular weight excluding hydrogens is 357 g/mol. The Labute approximate surface area is 126 Å². The normalized spacial score (nSPS) is 50.4. The number of hydrogen-bond acceptors (Lipinski definition) is 3. The van der Waals surface area contributed by atoms with Crippen LogP contribution in [0.5, 0.6) is 0 Å². The largest absolute Gasteiger partial charge is 0.509 e. The van der Waals surface area contributed by atoms with Crippen molar-refractivity contribution in [1.82, 2.24) is 0 Å². The van der Waals surface area contributed by atoms with E-state index in [-0.39, 0.29) is 10.1 Å². The van der Waals surface area contributed by atoms with Crippen LogP contribution in [0.15, 0.2) is 10.1 Å². The summed E-state index contributed by atoms with van der Waals surface area (Å²) in [4.78, 5) is 7.92. The summed E-state index contributed by atoms with van der Waals surface area (Å²) in [6.07, 6.45) is -2.85. The molecule has 0 radical (unpaired) electrons. The van der Waals surface area contributed by atoms with Gasteiger partial charge in [-0.2, -0.15) is 0 Å². The van der Waals surface area contributed by atoms with Gasteiger partial charge in [0.2, 0.25) is 0 Å². The molecule has 2 fully saturated rings. The number of carbonyl (C=O) groups excluding carboxylic acids is 1. The summed E-state index contributed by atoms with van der Waals surface area (Å²) in [6.45, 7) is 0. The number of fused-ring (bicyclic) bond motifs is 5. The average Bonchev–Trinajstić information content (AvgIpc) is 2.72. The number of carbonyl (C=O) groups is 1. The SMILES string of the molecule is O=C1O[C@@H]2[C@@H](O1)[C@]1(Cl)C(Cl)=C(Cl)[C@]2(Cl)C1(Cl)Cl. The molecular formula is C8H2Cl6O3. The molecule has 0 amide bonds. The molecule has 4 atom stereocenters. The number of alkyl halides is 4. The van der Waals surface area contributed by atoms with Crippen molar-refractivity contribution in [2.24, 2.45) is 0 Å². The van der Waals surface area contributed by atoms with Gasteiger partial charge in [-0.1, -0.05) is 46.4 Å². The first-order chi connectivity index (χ1) is 7.69. The molecule has 94 valence electrons. The third kappa shape index (κ3) is 1.06. The van der Waals surface area contributed by atoms with E-state index < -0.39 is 32.4 Å². The van der Waals surface area contributed by atoms with Gasteiger partial charge in [0, 0.05) is 0 Å². The van der Waals surface area contributed by atoms with Gasteiger partial charge in [0.15, 0.2) is 26.3 Å². The van der Waals surface area contributed by atoms with E-state index in [2.05, 4.69) is 0 Å². The average molecular weight is 359 g/mol. The van der Waals surface area contributed by atoms with Crippen LogP contribution < -0.4 is 0 Å². The highest BCUT2D eigenvalue weighted by atomic mass is 35.5. The summed E-state index contributed by atoms with van der Waals surface area (Å²) >= 11 is 37.0.